The Bertz CT molecular complexity index is 385. The van der Waals surface area contributed by atoms with E-state index < -0.39 is 29.4 Å². The Balaban J connectivity index is 2.38. The Morgan fingerprint density at radius 1 is 1.53 bits per heavy atom. The summed E-state index contributed by atoms with van der Waals surface area (Å²) in [7, 11) is 1.28. The van der Waals surface area contributed by atoms with Crippen molar-refractivity contribution in [2.75, 3.05) is 7.11 Å². The van der Waals surface area contributed by atoms with E-state index in [1.807, 2.05) is 0 Å². The van der Waals surface area contributed by atoms with Crippen molar-refractivity contribution in [1.29, 1.82) is 0 Å². The Kier molecular flexibility index (Phi) is 2.50. The number of Topliss-reactive ketones (excluding diaryl/α,β-unsaturated/α-hetero) is 2. The first-order valence-corrected chi connectivity index (χ1v) is 5.50. The molecule has 3 unspecified atom stereocenters. The van der Waals surface area contributed by atoms with Gasteiger partial charge in [0.05, 0.1) is 13.0 Å². The summed E-state index contributed by atoms with van der Waals surface area (Å²) in [5.74, 6) is -2.34. The van der Waals surface area contributed by atoms with Crippen LogP contribution in [0.5, 0.6) is 0 Å². The van der Waals surface area contributed by atoms with Crippen LogP contribution in [0.2, 0.25) is 0 Å². The van der Waals surface area contributed by atoms with Crippen molar-refractivity contribution in [3.63, 3.8) is 0 Å². The lowest BCUT2D eigenvalue weighted by Gasteiger charge is -2.34. The van der Waals surface area contributed by atoms with Gasteiger partial charge in [0, 0.05) is 16.3 Å². The number of carbonyl (C=O) groups is 3. The predicted molar refractivity (Wildman–Crippen MR) is 54.4 cm³/mol. The zero-order valence-electron chi connectivity index (χ0n) is 8.03. The third-order valence-corrected chi connectivity index (χ3v) is 3.80. The van der Waals surface area contributed by atoms with Crippen LogP contribution in [0.4, 0.5) is 0 Å². The number of allylic oxidation sites excluding steroid dienone is 1. The third-order valence-electron chi connectivity index (χ3n) is 2.90. The molecule has 0 spiro atoms. The molecule has 3 aliphatic carbocycles. The molecule has 15 heavy (non-hydrogen) atoms. The van der Waals surface area contributed by atoms with E-state index in [9.17, 15) is 14.4 Å². The van der Waals surface area contributed by atoms with Gasteiger partial charge in [-0.05, 0) is 6.42 Å². The molecule has 3 atom stereocenters. The summed E-state index contributed by atoms with van der Waals surface area (Å²) in [6, 6.07) is 0. The van der Waals surface area contributed by atoms with Crippen LogP contribution < -0.4 is 0 Å². The minimum atomic E-state index is -0.556. The fourth-order valence-corrected chi connectivity index (χ4v) is 2.82. The molecule has 0 N–H and O–H groups in total. The van der Waals surface area contributed by atoms with Gasteiger partial charge in [-0.3, -0.25) is 14.4 Å². The molecular weight excluding hydrogens is 264 g/mol. The van der Waals surface area contributed by atoms with Crippen LogP contribution in [0.25, 0.3) is 0 Å². The predicted octanol–water partition coefficient (Wildman–Crippen LogP) is 0.637. The molecule has 0 aromatic rings. The Morgan fingerprint density at radius 2 is 2.20 bits per heavy atom. The number of esters is 1. The number of fused-ring (bicyclic) bond motifs is 3. The average molecular weight is 273 g/mol. The van der Waals surface area contributed by atoms with Crippen LogP contribution in [0.1, 0.15) is 6.42 Å². The summed E-state index contributed by atoms with van der Waals surface area (Å²) in [5, 5.41) is 0. The minimum absolute atomic E-state index is 0.126. The topological polar surface area (TPSA) is 60.4 Å². The van der Waals surface area contributed by atoms with Crippen molar-refractivity contribution >= 4 is 33.5 Å². The van der Waals surface area contributed by atoms with Crippen molar-refractivity contribution < 1.29 is 19.1 Å². The van der Waals surface area contributed by atoms with E-state index in [0.29, 0.717) is 6.42 Å². The highest BCUT2D eigenvalue weighted by atomic mass is 79.9. The lowest BCUT2D eigenvalue weighted by atomic mass is 9.69. The highest BCUT2D eigenvalue weighted by Gasteiger charge is 2.48. The summed E-state index contributed by atoms with van der Waals surface area (Å²) in [6.07, 6.45) is 2.03. The van der Waals surface area contributed by atoms with E-state index in [2.05, 4.69) is 20.7 Å². The molecule has 0 amide bonds. The number of alkyl halides is 1. The van der Waals surface area contributed by atoms with Crippen molar-refractivity contribution in [2.24, 2.45) is 11.8 Å². The number of hydrogen-bond donors (Lipinski definition) is 0. The van der Waals surface area contributed by atoms with Gasteiger partial charge in [0.15, 0.2) is 0 Å². The molecule has 80 valence electrons. The minimum Gasteiger partial charge on any atom is -0.469 e. The lowest BCUT2D eigenvalue weighted by Crippen LogP contribution is -2.46. The second kappa shape index (κ2) is 3.56. The van der Waals surface area contributed by atoms with Gasteiger partial charge in [-0.2, -0.15) is 0 Å². The first-order chi connectivity index (χ1) is 7.06. The van der Waals surface area contributed by atoms with Gasteiger partial charge in [0.25, 0.3) is 0 Å². The largest absolute Gasteiger partial charge is 0.469 e. The molecule has 1 saturated carbocycles. The monoisotopic (exact) mass is 272 g/mol. The molecular formula is C10H9BrO4. The van der Waals surface area contributed by atoms with E-state index in [0.717, 1.165) is 0 Å². The Hall–Kier alpha value is -0.970. The number of ether oxygens (including phenoxy) is 1. The number of halogens is 1. The molecule has 3 aliphatic rings. The average Bonchev–Trinajstić information content (AvgIpc) is 2.23. The van der Waals surface area contributed by atoms with E-state index >= 15 is 0 Å². The van der Waals surface area contributed by atoms with Crippen LogP contribution in [-0.2, 0) is 19.1 Å². The number of ketones is 2. The van der Waals surface area contributed by atoms with Crippen molar-refractivity contribution in [3.05, 3.63) is 11.6 Å². The molecule has 0 radical (unpaired) electrons. The summed E-state index contributed by atoms with van der Waals surface area (Å²) >= 11 is 3.31. The zero-order chi connectivity index (χ0) is 11.2. The molecule has 4 nitrogen and oxygen atoms in total. The standard InChI is InChI=1S/C10H9BrO4/c1-15-10(14)5-2-6-7(11)3-4(5)8(12)9(6)13/h3,5-7H,2H2,1H3. The Labute approximate surface area is 94.8 Å². The quantitative estimate of drug-likeness (QED) is 0.399. The van der Waals surface area contributed by atoms with Gasteiger partial charge in [-0.15, -0.1) is 0 Å². The first kappa shape index (κ1) is 10.5. The number of rotatable bonds is 1. The third kappa shape index (κ3) is 1.45. The molecule has 0 saturated heterocycles. The fourth-order valence-electron chi connectivity index (χ4n) is 2.08. The van der Waals surface area contributed by atoms with Gasteiger partial charge in [0.1, 0.15) is 0 Å². The van der Waals surface area contributed by atoms with Crippen LogP contribution in [-0.4, -0.2) is 29.5 Å². The fraction of sp³-hybridized carbons (Fsp3) is 0.500. The van der Waals surface area contributed by atoms with Crippen LogP contribution >= 0.6 is 15.9 Å². The van der Waals surface area contributed by atoms with Crippen LogP contribution in [0, 0.1) is 11.8 Å². The van der Waals surface area contributed by atoms with Crippen molar-refractivity contribution in [2.45, 2.75) is 11.2 Å². The molecule has 3 rings (SSSR count). The smallest absolute Gasteiger partial charge is 0.313 e. The highest BCUT2D eigenvalue weighted by Crippen LogP contribution is 2.40. The van der Waals surface area contributed by atoms with E-state index in [1.54, 1.807) is 6.08 Å². The highest BCUT2D eigenvalue weighted by molar-refractivity contribution is 9.09. The molecule has 5 heteroatoms. The van der Waals surface area contributed by atoms with Crippen molar-refractivity contribution in [3.8, 4) is 0 Å². The SMILES string of the molecule is COC(=O)C1CC2C(=O)C(=O)C1=CC2Br. The summed E-state index contributed by atoms with van der Waals surface area (Å²) in [6.45, 7) is 0. The van der Waals surface area contributed by atoms with E-state index in [4.69, 9.17) is 0 Å². The number of methoxy groups -OCH3 is 1. The maximum atomic E-state index is 11.5. The lowest BCUT2D eigenvalue weighted by molar-refractivity contribution is -0.149. The zero-order valence-corrected chi connectivity index (χ0v) is 9.61. The summed E-state index contributed by atoms with van der Waals surface area (Å²) < 4.78 is 4.60. The van der Waals surface area contributed by atoms with E-state index in [-0.39, 0.29) is 10.4 Å². The summed E-state index contributed by atoms with van der Waals surface area (Å²) in [4.78, 5) is 34.2. The van der Waals surface area contributed by atoms with E-state index in [1.165, 1.54) is 7.11 Å². The van der Waals surface area contributed by atoms with Crippen LogP contribution in [0.15, 0.2) is 11.6 Å². The van der Waals surface area contributed by atoms with Crippen molar-refractivity contribution in [1.82, 2.24) is 0 Å². The first-order valence-electron chi connectivity index (χ1n) is 4.58. The normalized spacial score (nSPS) is 34.0. The van der Waals surface area contributed by atoms with Gasteiger partial charge < -0.3 is 4.74 Å². The second-order valence-electron chi connectivity index (χ2n) is 3.68. The maximum Gasteiger partial charge on any atom is 0.313 e. The molecule has 0 aromatic carbocycles. The van der Waals surface area contributed by atoms with Crippen LogP contribution in [0.3, 0.4) is 0 Å². The van der Waals surface area contributed by atoms with Gasteiger partial charge in [-0.1, -0.05) is 22.0 Å². The molecule has 1 fully saturated rings. The number of hydrogen-bond acceptors (Lipinski definition) is 4. The molecule has 0 aliphatic heterocycles. The van der Waals surface area contributed by atoms with Gasteiger partial charge in [-0.25, -0.2) is 0 Å². The molecule has 0 aromatic heterocycles. The maximum absolute atomic E-state index is 11.5. The second-order valence-corrected chi connectivity index (χ2v) is 4.74. The van der Waals surface area contributed by atoms with Gasteiger partial charge in [0.2, 0.25) is 11.6 Å². The molecule has 2 bridgehead atoms. The van der Waals surface area contributed by atoms with Gasteiger partial charge >= 0.3 is 5.97 Å². The summed E-state index contributed by atoms with van der Waals surface area (Å²) in [5.41, 5.74) is 0.288. The Morgan fingerprint density at radius 3 is 2.80 bits per heavy atom. The number of carbonyl (C=O) groups excluding carboxylic acids is 3. The molecule has 0 heterocycles.